The van der Waals surface area contributed by atoms with E-state index in [-0.39, 0.29) is 29.7 Å². The van der Waals surface area contributed by atoms with E-state index in [1.807, 2.05) is 88.5 Å². The van der Waals surface area contributed by atoms with E-state index in [1.54, 1.807) is 14.0 Å². The van der Waals surface area contributed by atoms with E-state index in [2.05, 4.69) is 49.5 Å². The first-order valence-electron chi connectivity index (χ1n) is 18.4. The second-order valence-electron chi connectivity index (χ2n) is 16.1. The summed E-state index contributed by atoms with van der Waals surface area (Å²) >= 11 is 0. The first-order valence-corrected chi connectivity index (χ1v) is 21.3. The van der Waals surface area contributed by atoms with Gasteiger partial charge in [-0.15, -0.1) is 0 Å². The van der Waals surface area contributed by atoms with Crippen molar-refractivity contribution in [1.82, 2.24) is 20.5 Å². The fraction of sp³-hybridized carbons (Fsp3) is 0.512. The number of hydrogen-bond acceptors (Lipinski definition) is 6. The lowest BCUT2D eigenvalue weighted by molar-refractivity contribution is -0.150. The molecule has 0 saturated heterocycles. The number of nitrogens with one attached hydrogen (secondary N) is 3. The van der Waals surface area contributed by atoms with E-state index >= 15 is 0 Å². The summed E-state index contributed by atoms with van der Waals surface area (Å²) in [5, 5.41) is 6.93. The fourth-order valence-electron chi connectivity index (χ4n) is 6.28. The van der Waals surface area contributed by atoms with E-state index < -0.39 is 56.2 Å². The normalized spacial score (nSPS) is 26.1. The van der Waals surface area contributed by atoms with Crippen molar-refractivity contribution in [2.45, 2.75) is 117 Å². The highest BCUT2D eigenvalue weighted by Gasteiger charge is 2.39. The molecule has 1 aliphatic heterocycles. The van der Waals surface area contributed by atoms with Crippen LogP contribution >= 0.6 is 0 Å². The molecule has 1 aromatic heterocycles. The minimum atomic E-state index is -2.11. The molecule has 4 rings (SSSR count). The highest BCUT2D eigenvalue weighted by Crippen LogP contribution is 2.37. The molecule has 0 spiro atoms. The number of amides is 3. The molecule has 3 aromatic rings. The van der Waals surface area contributed by atoms with Crippen molar-refractivity contribution in [3.8, 4) is 5.75 Å². The number of aromatic nitrogens is 1. The van der Waals surface area contributed by atoms with Crippen molar-refractivity contribution in [3.63, 3.8) is 0 Å². The summed E-state index contributed by atoms with van der Waals surface area (Å²) in [6, 6.07) is 12.7. The Labute approximate surface area is 310 Å². The minimum Gasteiger partial charge on any atom is -0.544 e. The maximum atomic E-state index is 14.5. The minimum absolute atomic E-state index is 0.00787. The summed E-state index contributed by atoms with van der Waals surface area (Å²) in [5.41, 5.74) is 3.46. The van der Waals surface area contributed by atoms with E-state index in [1.165, 1.54) is 4.90 Å². The third-order valence-electron chi connectivity index (χ3n) is 10.8. The highest BCUT2D eigenvalue weighted by atomic mass is 28.4. The lowest BCUT2D eigenvalue weighted by Crippen LogP contribution is -2.55. The number of allylic oxidation sites excluding steroid dienone is 1. The number of rotatable bonds is 5. The molecule has 3 amide bonds. The second-order valence-corrected chi connectivity index (χ2v) is 20.9. The molecule has 1 aliphatic rings. The molecule has 282 valence electrons. The smallest absolute Gasteiger partial charge is 0.308 e. The molecule has 0 aliphatic carbocycles. The van der Waals surface area contributed by atoms with E-state index in [0.717, 1.165) is 27.8 Å². The van der Waals surface area contributed by atoms with E-state index in [9.17, 15) is 19.2 Å². The standard InChI is InChI=1S/C41H58N4O6Si/c1-25-20-26(2)29(5)50-37(46)23-35(30-16-18-32(19-17-30)51-52(10,11)41(6,7)8)44-39(48)36(22-31-24-42-34-15-13-12-14-33(31)34)45(9)40(49)28(4)43-38(47)27(3)21-25/h12-20,24,26-29,35-36,42H,21-23H2,1-11H3,(H,43,47)(H,44,48)/b25-20-/t26-,27+,28-,29+,35+,36+/m0/s1. The molecule has 0 bridgehead atoms. The molecule has 11 heteroatoms. The van der Waals surface area contributed by atoms with Crippen molar-refractivity contribution in [3.05, 3.63) is 77.5 Å². The van der Waals surface area contributed by atoms with Gasteiger partial charge in [-0.2, -0.15) is 0 Å². The third-order valence-corrected chi connectivity index (χ3v) is 15.1. The van der Waals surface area contributed by atoms with Crippen LogP contribution in [-0.2, 0) is 30.3 Å². The van der Waals surface area contributed by atoms with E-state index in [0.29, 0.717) is 12.0 Å². The summed E-state index contributed by atoms with van der Waals surface area (Å²) in [5.74, 6) is -1.35. The number of para-hydroxylation sites is 1. The number of fused-ring (bicyclic) bond motifs is 1. The number of carbonyl (C=O) groups is 4. The fourth-order valence-corrected chi connectivity index (χ4v) is 7.32. The Morgan fingerprint density at radius 2 is 1.56 bits per heavy atom. The number of benzene rings is 2. The molecule has 3 N–H and O–H groups in total. The number of H-pyrrole nitrogens is 1. The van der Waals surface area contributed by atoms with Crippen LogP contribution in [0.5, 0.6) is 5.75 Å². The molecule has 2 heterocycles. The molecule has 0 fully saturated rings. The predicted octanol–water partition coefficient (Wildman–Crippen LogP) is 7.23. The average molecular weight is 731 g/mol. The topological polar surface area (TPSA) is 130 Å². The zero-order valence-corrected chi connectivity index (χ0v) is 33.8. The number of esters is 1. The molecular weight excluding hydrogens is 673 g/mol. The highest BCUT2D eigenvalue weighted by molar-refractivity contribution is 6.74. The zero-order chi connectivity index (χ0) is 38.5. The summed E-state index contributed by atoms with van der Waals surface area (Å²) in [4.78, 5) is 59.9. The third kappa shape index (κ3) is 9.93. The van der Waals surface area contributed by atoms with Crippen LogP contribution in [-0.4, -0.2) is 67.1 Å². The Bertz CT molecular complexity index is 1780. The van der Waals surface area contributed by atoms with Crippen molar-refractivity contribution in [1.29, 1.82) is 0 Å². The Balaban J connectivity index is 1.74. The molecule has 0 unspecified atom stereocenters. The Morgan fingerprint density at radius 3 is 2.21 bits per heavy atom. The van der Waals surface area contributed by atoms with Crippen LogP contribution in [0.4, 0.5) is 0 Å². The van der Waals surface area contributed by atoms with Crippen molar-refractivity contribution in [2.75, 3.05) is 7.05 Å². The number of nitrogens with zero attached hydrogens (tertiary/aromatic N) is 1. The number of likely N-dealkylation sites (N-methyl/N-ethyl adjacent to an activating group) is 1. The summed E-state index contributed by atoms with van der Waals surface area (Å²) in [6.07, 6.45) is 3.99. The second kappa shape index (κ2) is 16.5. The van der Waals surface area contributed by atoms with Gasteiger partial charge in [0.25, 0.3) is 0 Å². The Kier molecular flexibility index (Phi) is 12.8. The van der Waals surface area contributed by atoms with E-state index in [4.69, 9.17) is 9.16 Å². The van der Waals surface area contributed by atoms with Gasteiger partial charge < -0.3 is 29.7 Å². The van der Waals surface area contributed by atoms with Crippen LogP contribution in [0.3, 0.4) is 0 Å². The van der Waals surface area contributed by atoms with Gasteiger partial charge in [0.05, 0.1) is 12.5 Å². The molecule has 2 aromatic carbocycles. The molecule has 0 saturated carbocycles. The van der Waals surface area contributed by atoms with Crippen LogP contribution in [0, 0.1) is 11.8 Å². The van der Waals surface area contributed by atoms with Crippen molar-refractivity contribution < 1.29 is 28.3 Å². The molecule has 10 nitrogen and oxygen atoms in total. The number of hydrogen-bond donors (Lipinski definition) is 3. The number of aromatic amines is 1. The Morgan fingerprint density at radius 1 is 0.904 bits per heavy atom. The van der Waals surface area contributed by atoms with Crippen molar-refractivity contribution in [2.24, 2.45) is 11.8 Å². The maximum absolute atomic E-state index is 14.5. The maximum Gasteiger partial charge on any atom is 0.308 e. The zero-order valence-electron chi connectivity index (χ0n) is 32.8. The van der Waals surface area contributed by atoms with Crippen LogP contribution in [0.2, 0.25) is 18.1 Å². The molecular formula is C41H58N4O6Si. The monoisotopic (exact) mass is 730 g/mol. The van der Waals surface area contributed by atoms with Gasteiger partial charge in [0.15, 0.2) is 0 Å². The van der Waals surface area contributed by atoms with Gasteiger partial charge in [-0.1, -0.05) is 76.6 Å². The predicted molar refractivity (Wildman–Crippen MR) is 208 cm³/mol. The van der Waals surface area contributed by atoms with Crippen LogP contribution in [0.15, 0.2) is 66.4 Å². The number of carbonyl (C=O) groups excluding carboxylic acids is 4. The van der Waals surface area contributed by atoms with Crippen LogP contribution < -0.4 is 15.1 Å². The van der Waals surface area contributed by atoms with Gasteiger partial charge >= 0.3 is 5.97 Å². The first-order chi connectivity index (χ1) is 24.3. The molecule has 0 radical (unpaired) electrons. The van der Waals surface area contributed by atoms with Gasteiger partial charge in [-0.05, 0) is 74.7 Å². The van der Waals surface area contributed by atoms with Gasteiger partial charge in [-0.3, -0.25) is 19.2 Å². The number of cyclic esters (lactones) is 1. The average Bonchev–Trinajstić information content (AvgIpc) is 3.47. The summed E-state index contributed by atoms with van der Waals surface area (Å²) < 4.78 is 12.4. The first kappa shape index (κ1) is 40.4. The largest absolute Gasteiger partial charge is 0.544 e. The van der Waals surface area contributed by atoms with Gasteiger partial charge in [0.2, 0.25) is 26.0 Å². The van der Waals surface area contributed by atoms with Gasteiger partial charge in [0, 0.05) is 42.4 Å². The van der Waals surface area contributed by atoms with Crippen LogP contribution in [0.1, 0.15) is 85.4 Å². The summed E-state index contributed by atoms with van der Waals surface area (Å²) in [7, 11) is -0.526. The summed E-state index contributed by atoms with van der Waals surface area (Å²) in [6.45, 7) is 20.1. The molecule has 6 atom stereocenters. The quantitative estimate of drug-likeness (QED) is 0.144. The molecule has 52 heavy (non-hydrogen) atoms. The van der Waals surface area contributed by atoms with Gasteiger partial charge in [0.1, 0.15) is 23.9 Å². The lowest BCUT2D eigenvalue weighted by atomic mass is 9.96. The van der Waals surface area contributed by atoms with Crippen molar-refractivity contribution >= 4 is 42.9 Å². The Hall–Kier alpha value is -4.38. The SMILES string of the molecule is C/C1=C/[C@H](C)[C@@H](C)OC(=O)C[C@H](c2ccc(O[Si](C)(C)C(C)(C)C)cc2)NC(=O)[C@@H](Cc2c[nH]c3ccccc23)N(C)C(=O)[C@H](C)NC(=O)[C@H](C)C1. The number of ether oxygens (including phenoxy) is 1. The van der Waals surface area contributed by atoms with Crippen LogP contribution in [0.25, 0.3) is 10.9 Å². The lowest BCUT2D eigenvalue weighted by Gasteiger charge is -2.36. The van der Waals surface area contributed by atoms with Gasteiger partial charge in [-0.25, -0.2) is 0 Å².